The van der Waals surface area contributed by atoms with Gasteiger partial charge in [0.15, 0.2) is 0 Å². The standard InChI is InChI=1S/C12H11Cl2NO3S/c13-7-3-1-2-6(10(7)14)4-9-11(16)15-8(5-19-9)12(17)18/h1-3,8-9H,4-5H2,(H,15,16)(H,17,18)/t8-,9+/m1/s1. The molecule has 19 heavy (non-hydrogen) atoms. The fourth-order valence-corrected chi connectivity index (χ4v) is 3.35. The molecule has 1 heterocycles. The summed E-state index contributed by atoms with van der Waals surface area (Å²) in [4.78, 5) is 22.6. The third-order valence-electron chi connectivity index (χ3n) is 2.81. The maximum absolute atomic E-state index is 11.8. The molecule has 0 bridgehead atoms. The van der Waals surface area contributed by atoms with Gasteiger partial charge in [0, 0.05) is 5.75 Å². The van der Waals surface area contributed by atoms with E-state index >= 15 is 0 Å². The monoisotopic (exact) mass is 319 g/mol. The Hall–Kier alpha value is -0.910. The van der Waals surface area contributed by atoms with Crippen molar-refractivity contribution < 1.29 is 14.7 Å². The lowest BCUT2D eigenvalue weighted by Gasteiger charge is -2.26. The predicted octanol–water partition coefficient (Wildman–Crippen LogP) is 2.22. The van der Waals surface area contributed by atoms with Gasteiger partial charge >= 0.3 is 5.97 Å². The van der Waals surface area contributed by atoms with Crippen LogP contribution in [0.5, 0.6) is 0 Å². The van der Waals surface area contributed by atoms with E-state index in [2.05, 4.69) is 5.32 Å². The van der Waals surface area contributed by atoms with Gasteiger partial charge in [-0.3, -0.25) is 4.79 Å². The van der Waals surface area contributed by atoms with E-state index in [4.69, 9.17) is 28.3 Å². The molecular formula is C12H11Cl2NO3S. The van der Waals surface area contributed by atoms with Crippen molar-refractivity contribution in [2.45, 2.75) is 17.7 Å². The molecule has 4 nitrogen and oxygen atoms in total. The fourth-order valence-electron chi connectivity index (χ4n) is 1.78. The Morgan fingerprint density at radius 2 is 2.21 bits per heavy atom. The largest absolute Gasteiger partial charge is 0.480 e. The summed E-state index contributed by atoms with van der Waals surface area (Å²) in [6.45, 7) is 0. The van der Waals surface area contributed by atoms with E-state index in [1.165, 1.54) is 11.8 Å². The van der Waals surface area contributed by atoms with Gasteiger partial charge in [-0.2, -0.15) is 0 Å². The normalized spacial score (nSPS) is 22.9. The third-order valence-corrected chi connectivity index (χ3v) is 4.97. The number of amides is 1. The van der Waals surface area contributed by atoms with Crippen molar-refractivity contribution in [3.05, 3.63) is 33.8 Å². The summed E-state index contributed by atoms with van der Waals surface area (Å²) in [6, 6.07) is 4.45. The van der Waals surface area contributed by atoms with Crippen molar-refractivity contribution in [3.8, 4) is 0 Å². The van der Waals surface area contributed by atoms with Gasteiger partial charge in [-0.05, 0) is 18.1 Å². The molecule has 1 aliphatic heterocycles. The van der Waals surface area contributed by atoms with Crippen LogP contribution in [0.3, 0.4) is 0 Å². The molecular weight excluding hydrogens is 309 g/mol. The van der Waals surface area contributed by atoms with E-state index in [0.29, 0.717) is 22.2 Å². The van der Waals surface area contributed by atoms with E-state index in [0.717, 1.165) is 5.56 Å². The Balaban J connectivity index is 2.07. The predicted molar refractivity (Wildman–Crippen MR) is 76.0 cm³/mol. The Morgan fingerprint density at radius 3 is 2.84 bits per heavy atom. The number of halogens is 2. The second kappa shape index (κ2) is 6.03. The van der Waals surface area contributed by atoms with Crippen molar-refractivity contribution >= 4 is 46.8 Å². The van der Waals surface area contributed by atoms with Crippen LogP contribution in [0.1, 0.15) is 5.56 Å². The number of thioether (sulfide) groups is 1. The summed E-state index contributed by atoms with van der Waals surface area (Å²) in [5.41, 5.74) is 0.788. The fraction of sp³-hybridized carbons (Fsp3) is 0.333. The maximum Gasteiger partial charge on any atom is 0.327 e. The van der Waals surface area contributed by atoms with Crippen LogP contribution in [0.15, 0.2) is 18.2 Å². The van der Waals surface area contributed by atoms with Crippen LogP contribution in [0.2, 0.25) is 10.0 Å². The molecule has 1 saturated heterocycles. The SMILES string of the molecule is O=C1N[C@@H](C(=O)O)CS[C@H]1Cc1cccc(Cl)c1Cl. The zero-order valence-corrected chi connectivity index (χ0v) is 12.1. The van der Waals surface area contributed by atoms with Crippen molar-refractivity contribution in [2.24, 2.45) is 0 Å². The second-order valence-electron chi connectivity index (χ2n) is 4.14. The molecule has 2 rings (SSSR count). The summed E-state index contributed by atoms with van der Waals surface area (Å²) in [7, 11) is 0. The molecule has 1 fully saturated rings. The zero-order chi connectivity index (χ0) is 14.0. The van der Waals surface area contributed by atoms with E-state index in [9.17, 15) is 9.59 Å². The Bertz CT molecular complexity index is 524. The smallest absolute Gasteiger partial charge is 0.327 e. The van der Waals surface area contributed by atoms with Crippen LogP contribution in [-0.2, 0) is 16.0 Å². The molecule has 1 aromatic rings. The summed E-state index contributed by atoms with van der Waals surface area (Å²) < 4.78 is 0. The van der Waals surface area contributed by atoms with Gasteiger partial charge < -0.3 is 10.4 Å². The molecule has 0 aromatic heterocycles. The van der Waals surface area contributed by atoms with Crippen molar-refractivity contribution in [1.29, 1.82) is 0 Å². The highest BCUT2D eigenvalue weighted by Crippen LogP contribution is 2.29. The maximum atomic E-state index is 11.8. The van der Waals surface area contributed by atoms with Crippen LogP contribution in [0.4, 0.5) is 0 Å². The minimum absolute atomic E-state index is 0.278. The molecule has 0 unspecified atom stereocenters. The average molecular weight is 320 g/mol. The van der Waals surface area contributed by atoms with Gasteiger partial charge in [0.1, 0.15) is 6.04 Å². The minimum Gasteiger partial charge on any atom is -0.480 e. The van der Waals surface area contributed by atoms with Gasteiger partial charge in [0.25, 0.3) is 0 Å². The van der Waals surface area contributed by atoms with E-state index in [1.807, 2.05) is 6.07 Å². The highest BCUT2D eigenvalue weighted by Gasteiger charge is 2.32. The van der Waals surface area contributed by atoms with Crippen molar-refractivity contribution in [2.75, 3.05) is 5.75 Å². The molecule has 2 N–H and O–H groups in total. The van der Waals surface area contributed by atoms with Crippen molar-refractivity contribution in [3.63, 3.8) is 0 Å². The first-order valence-electron chi connectivity index (χ1n) is 5.56. The first-order chi connectivity index (χ1) is 8.99. The van der Waals surface area contributed by atoms with Crippen LogP contribution < -0.4 is 5.32 Å². The molecule has 7 heteroatoms. The topological polar surface area (TPSA) is 66.4 Å². The molecule has 0 spiro atoms. The molecule has 1 amide bonds. The lowest BCUT2D eigenvalue weighted by atomic mass is 10.1. The van der Waals surface area contributed by atoms with Gasteiger partial charge in [0.05, 0.1) is 15.3 Å². The number of benzene rings is 1. The molecule has 2 atom stereocenters. The minimum atomic E-state index is -1.01. The Morgan fingerprint density at radius 1 is 1.47 bits per heavy atom. The highest BCUT2D eigenvalue weighted by molar-refractivity contribution is 8.00. The summed E-state index contributed by atoms with van der Waals surface area (Å²) in [6.07, 6.45) is 0.433. The molecule has 0 saturated carbocycles. The molecule has 102 valence electrons. The summed E-state index contributed by atoms with van der Waals surface area (Å²) in [5, 5.41) is 11.9. The second-order valence-corrected chi connectivity index (χ2v) is 6.16. The van der Waals surface area contributed by atoms with Crippen LogP contribution in [-0.4, -0.2) is 34.0 Å². The molecule has 0 radical (unpaired) electrons. The van der Waals surface area contributed by atoms with Gasteiger partial charge in [-0.25, -0.2) is 4.79 Å². The number of nitrogens with one attached hydrogen (secondary N) is 1. The van der Waals surface area contributed by atoms with E-state index in [-0.39, 0.29) is 11.2 Å². The summed E-state index contributed by atoms with van der Waals surface area (Å²) >= 11 is 13.3. The number of aliphatic carboxylic acids is 1. The number of rotatable bonds is 3. The van der Waals surface area contributed by atoms with Gasteiger partial charge in [-0.15, -0.1) is 11.8 Å². The quantitative estimate of drug-likeness (QED) is 0.896. The lowest BCUT2D eigenvalue weighted by Crippen LogP contribution is -2.51. The van der Waals surface area contributed by atoms with E-state index < -0.39 is 12.0 Å². The first kappa shape index (κ1) is 14.5. The van der Waals surface area contributed by atoms with Crippen LogP contribution in [0, 0.1) is 0 Å². The molecule has 1 aliphatic rings. The number of hydrogen-bond acceptors (Lipinski definition) is 3. The highest BCUT2D eigenvalue weighted by atomic mass is 35.5. The number of carboxylic acid groups (broad SMARTS) is 1. The average Bonchev–Trinajstić information content (AvgIpc) is 2.37. The zero-order valence-electron chi connectivity index (χ0n) is 9.73. The Labute approximate surface area is 124 Å². The third kappa shape index (κ3) is 3.35. The Kier molecular flexibility index (Phi) is 4.60. The number of carbonyl (C=O) groups is 2. The lowest BCUT2D eigenvalue weighted by molar-refractivity contribution is -0.141. The van der Waals surface area contributed by atoms with Gasteiger partial charge in [-0.1, -0.05) is 35.3 Å². The van der Waals surface area contributed by atoms with Crippen molar-refractivity contribution in [1.82, 2.24) is 5.32 Å². The first-order valence-corrected chi connectivity index (χ1v) is 7.37. The van der Waals surface area contributed by atoms with E-state index in [1.54, 1.807) is 12.1 Å². The molecule has 1 aromatic carbocycles. The number of carbonyl (C=O) groups excluding carboxylic acids is 1. The van der Waals surface area contributed by atoms with Crippen LogP contribution >= 0.6 is 35.0 Å². The number of carboxylic acids is 1. The summed E-state index contributed by atoms with van der Waals surface area (Å²) in [5.74, 6) is -0.941. The van der Waals surface area contributed by atoms with Crippen LogP contribution in [0.25, 0.3) is 0 Å². The molecule has 0 aliphatic carbocycles. The number of hydrogen-bond donors (Lipinski definition) is 2. The van der Waals surface area contributed by atoms with Gasteiger partial charge in [0.2, 0.25) is 5.91 Å².